The summed E-state index contributed by atoms with van der Waals surface area (Å²) in [5.41, 5.74) is 0. The molecule has 11 heavy (non-hydrogen) atoms. The van der Waals surface area contributed by atoms with Crippen molar-refractivity contribution in [2.24, 2.45) is 11.8 Å². The van der Waals surface area contributed by atoms with E-state index in [0.717, 1.165) is 24.5 Å². The third kappa shape index (κ3) is 1.57. The third-order valence-electron chi connectivity index (χ3n) is 2.97. The fourth-order valence-corrected chi connectivity index (χ4v) is 1.97. The van der Waals surface area contributed by atoms with Crippen molar-refractivity contribution in [2.75, 3.05) is 20.3 Å². The van der Waals surface area contributed by atoms with Gasteiger partial charge in [0.2, 0.25) is 0 Å². The fraction of sp³-hybridized carbons (Fsp3) is 1.00. The van der Waals surface area contributed by atoms with E-state index < -0.39 is 0 Å². The quantitative estimate of drug-likeness (QED) is 0.654. The lowest BCUT2D eigenvalue weighted by molar-refractivity contribution is 0.0983. The monoisotopic (exact) mass is 155 g/mol. The molecule has 1 N–H and O–H groups in total. The van der Waals surface area contributed by atoms with Crippen LogP contribution in [0.5, 0.6) is 0 Å². The maximum absolute atomic E-state index is 5.22. The van der Waals surface area contributed by atoms with Gasteiger partial charge in [0.25, 0.3) is 0 Å². The summed E-state index contributed by atoms with van der Waals surface area (Å²) in [5, 5.41) is 3.47. The van der Waals surface area contributed by atoms with E-state index in [-0.39, 0.29) is 0 Å². The Balaban J connectivity index is 1.81. The van der Waals surface area contributed by atoms with Crippen molar-refractivity contribution in [3.63, 3.8) is 0 Å². The van der Waals surface area contributed by atoms with E-state index in [1.54, 1.807) is 0 Å². The van der Waals surface area contributed by atoms with Crippen LogP contribution in [0.4, 0.5) is 0 Å². The van der Waals surface area contributed by atoms with Crippen LogP contribution in [0.1, 0.15) is 19.3 Å². The molecule has 64 valence electrons. The van der Waals surface area contributed by atoms with Gasteiger partial charge in [-0.2, -0.15) is 0 Å². The summed E-state index contributed by atoms with van der Waals surface area (Å²) in [6, 6.07) is 0.780. The van der Waals surface area contributed by atoms with Crippen molar-refractivity contribution < 1.29 is 4.74 Å². The van der Waals surface area contributed by atoms with Gasteiger partial charge < -0.3 is 10.1 Å². The molecule has 1 saturated carbocycles. The molecule has 0 radical (unpaired) electrons. The zero-order valence-corrected chi connectivity index (χ0v) is 7.18. The summed E-state index contributed by atoms with van der Waals surface area (Å²) < 4.78 is 5.22. The maximum atomic E-state index is 5.22. The third-order valence-corrected chi connectivity index (χ3v) is 2.97. The Morgan fingerprint density at radius 3 is 2.55 bits per heavy atom. The highest BCUT2D eigenvalue weighted by Gasteiger charge is 2.38. The normalized spacial score (nSPS) is 33.0. The van der Waals surface area contributed by atoms with Crippen LogP contribution in [0.2, 0.25) is 0 Å². The smallest absolute Gasteiger partial charge is 0.0508 e. The number of nitrogens with one attached hydrogen (secondary N) is 1. The Hall–Kier alpha value is -0.0800. The van der Waals surface area contributed by atoms with Gasteiger partial charge in [-0.05, 0) is 31.7 Å². The SMILES string of the molecule is COCC(C1CC1)C1CCN1. The second-order valence-corrected chi connectivity index (χ2v) is 3.81. The number of hydrogen-bond donors (Lipinski definition) is 1. The molecule has 2 heteroatoms. The molecule has 2 fully saturated rings. The minimum absolute atomic E-state index is 0.780. The van der Waals surface area contributed by atoms with Crippen molar-refractivity contribution in [3.8, 4) is 0 Å². The summed E-state index contributed by atoms with van der Waals surface area (Å²) in [6.07, 6.45) is 4.24. The number of hydrogen-bond acceptors (Lipinski definition) is 2. The van der Waals surface area contributed by atoms with E-state index in [1.807, 2.05) is 7.11 Å². The Morgan fingerprint density at radius 1 is 1.45 bits per heavy atom. The number of ether oxygens (including phenoxy) is 1. The maximum Gasteiger partial charge on any atom is 0.0508 e. The zero-order valence-electron chi connectivity index (χ0n) is 7.18. The predicted molar refractivity (Wildman–Crippen MR) is 44.5 cm³/mol. The highest BCUT2D eigenvalue weighted by atomic mass is 16.5. The average molecular weight is 155 g/mol. The molecule has 2 aliphatic rings. The minimum atomic E-state index is 0.780. The molecular weight excluding hydrogens is 138 g/mol. The van der Waals surface area contributed by atoms with Gasteiger partial charge in [0, 0.05) is 19.1 Å². The van der Waals surface area contributed by atoms with Gasteiger partial charge in [0.15, 0.2) is 0 Å². The molecule has 1 heterocycles. The standard InChI is InChI=1S/C9H17NO/c1-11-6-8(7-2-3-7)9-4-5-10-9/h7-10H,2-6H2,1H3. The molecule has 1 aliphatic carbocycles. The van der Waals surface area contributed by atoms with E-state index in [9.17, 15) is 0 Å². The molecule has 0 bridgehead atoms. The summed E-state index contributed by atoms with van der Waals surface area (Å²) in [6.45, 7) is 2.18. The summed E-state index contributed by atoms with van der Waals surface area (Å²) in [4.78, 5) is 0. The van der Waals surface area contributed by atoms with E-state index >= 15 is 0 Å². The molecule has 0 aromatic rings. The first-order valence-corrected chi connectivity index (χ1v) is 4.64. The Kier molecular flexibility index (Phi) is 2.14. The first kappa shape index (κ1) is 7.56. The number of methoxy groups -OCH3 is 1. The van der Waals surface area contributed by atoms with Crippen LogP contribution in [-0.2, 0) is 4.74 Å². The van der Waals surface area contributed by atoms with Gasteiger partial charge >= 0.3 is 0 Å². The Morgan fingerprint density at radius 2 is 2.18 bits per heavy atom. The highest BCUT2D eigenvalue weighted by Crippen LogP contribution is 2.40. The van der Waals surface area contributed by atoms with E-state index in [1.165, 1.54) is 25.8 Å². The van der Waals surface area contributed by atoms with Crippen LogP contribution in [0.15, 0.2) is 0 Å². The van der Waals surface area contributed by atoms with Crippen molar-refractivity contribution in [3.05, 3.63) is 0 Å². The molecule has 0 aromatic heterocycles. The average Bonchev–Trinajstić information content (AvgIpc) is 2.63. The van der Waals surface area contributed by atoms with E-state index in [0.29, 0.717) is 0 Å². The summed E-state index contributed by atoms with van der Waals surface area (Å²) >= 11 is 0. The van der Waals surface area contributed by atoms with E-state index in [4.69, 9.17) is 4.74 Å². The van der Waals surface area contributed by atoms with Gasteiger partial charge in [0.05, 0.1) is 6.61 Å². The van der Waals surface area contributed by atoms with E-state index in [2.05, 4.69) is 5.32 Å². The van der Waals surface area contributed by atoms with Crippen LogP contribution in [0, 0.1) is 11.8 Å². The van der Waals surface area contributed by atoms with Crippen LogP contribution >= 0.6 is 0 Å². The van der Waals surface area contributed by atoms with Crippen LogP contribution in [0.3, 0.4) is 0 Å². The molecule has 1 saturated heterocycles. The molecule has 2 rings (SSSR count). The lowest BCUT2D eigenvalue weighted by atomic mass is 9.88. The molecular formula is C9H17NO. The van der Waals surface area contributed by atoms with Crippen LogP contribution < -0.4 is 5.32 Å². The van der Waals surface area contributed by atoms with Crippen LogP contribution in [0.25, 0.3) is 0 Å². The second kappa shape index (κ2) is 3.11. The van der Waals surface area contributed by atoms with Crippen molar-refractivity contribution >= 4 is 0 Å². The van der Waals surface area contributed by atoms with Gasteiger partial charge in [-0.3, -0.25) is 0 Å². The van der Waals surface area contributed by atoms with Gasteiger partial charge in [-0.1, -0.05) is 0 Å². The van der Waals surface area contributed by atoms with Crippen LogP contribution in [-0.4, -0.2) is 26.3 Å². The van der Waals surface area contributed by atoms with Crippen molar-refractivity contribution in [2.45, 2.75) is 25.3 Å². The number of rotatable bonds is 4. The predicted octanol–water partition coefficient (Wildman–Crippen LogP) is 1.02. The summed E-state index contributed by atoms with van der Waals surface area (Å²) in [7, 11) is 1.81. The van der Waals surface area contributed by atoms with Gasteiger partial charge in [-0.25, -0.2) is 0 Å². The van der Waals surface area contributed by atoms with Gasteiger partial charge in [-0.15, -0.1) is 0 Å². The molecule has 1 aliphatic heterocycles. The molecule has 0 aromatic carbocycles. The topological polar surface area (TPSA) is 21.3 Å². The Labute approximate surface area is 68.3 Å². The molecule has 2 nitrogen and oxygen atoms in total. The first-order valence-electron chi connectivity index (χ1n) is 4.64. The first-order chi connectivity index (χ1) is 5.42. The molecule has 2 unspecified atom stereocenters. The fourth-order valence-electron chi connectivity index (χ4n) is 1.97. The Bertz CT molecular complexity index is 130. The lowest BCUT2D eigenvalue weighted by Crippen LogP contribution is -2.49. The van der Waals surface area contributed by atoms with Crippen molar-refractivity contribution in [1.82, 2.24) is 5.32 Å². The molecule has 2 atom stereocenters. The van der Waals surface area contributed by atoms with Gasteiger partial charge in [0.1, 0.15) is 0 Å². The lowest BCUT2D eigenvalue weighted by Gasteiger charge is -2.35. The second-order valence-electron chi connectivity index (χ2n) is 3.81. The molecule has 0 spiro atoms. The highest BCUT2D eigenvalue weighted by molar-refractivity contribution is 4.93. The minimum Gasteiger partial charge on any atom is -0.384 e. The van der Waals surface area contributed by atoms with Crippen molar-refractivity contribution in [1.29, 1.82) is 0 Å². The zero-order chi connectivity index (χ0) is 7.68. The summed E-state index contributed by atoms with van der Waals surface area (Å²) in [5.74, 6) is 1.79. The largest absolute Gasteiger partial charge is 0.384 e. The molecule has 0 amide bonds.